The van der Waals surface area contributed by atoms with Gasteiger partial charge in [-0.05, 0) is 36.6 Å². The molecule has 0 radical (unpaired) electrons. The van der Waals surface area contributed by atoms with Crippen LogP contribution in [0.2, 0.25) is 0 Å². The van der Waals surface area contributed by atoms with Gasteiger partial charge in [-0.25, -0.2) is 5.48 Å². The third-order valence-corrected chi connectivity index (χ3v) is 3.33. The molecular weight excluding hydrogens is 300 g/mol. The maximum atomic E-state index is 11.7. The first-order chi connectivity index (χ1) is 11.2. The van der Waals surface area contributed by atoms with Crippen LogP contribution in [-0.2, 0) is 9.59 Å². The van der Waals surface area contributed by atoms with Gasteiger partial charge in [-0.2, -0.15) is 0 Å². The number of amides is 2. The molecule has 1 heterocycles. The first-order valence-electron chi connectivity index (χ1n) is 7.47. The molecule has 23 heavy (non-hydrogen) atoms. The Labute approximate surface area is 134 Å². The highest BCUT2D eigenvalue weighted by Crippen LogP contribution is 2.32. The summed E-state index contributed by atoms with van der Waals surface area (Å²) in [5.41, 5.74) is 2.45. The van der Waals surface area contributed by atoms with Crippen molar-refractivity contribution in [2.45, 2.75) is 25.7 Å². The summed E-state index contributed by atoms with van der Waals surface area (Å²) in [5, 5.41) is 11.1. The van der Waals surface area contributed by atoms with Gasteiger partial charge in [0.15, 0.2) is 11.5 Å². The fraction of sp³-hybridized carbons (Fsp3) is 0.375. The highest BCUT2D eigenvalue weighted by Gasteiger charge is 2.12. The minimum atomic E-state index is -0.388. The first-order valence-corrected chi connectivity index (χ1v) is 7.47. The van der Waals surface area contributed by atoms with Crippen LogP contribution in [0, 0.1) is 0 Å². The number of rotatable bonds is 8. The van der Waals surface area contributed by atoms with Crippen LogP contribution < -0.4 is 20.3 Å². The third-order valence-electron chi connectivity index (χ3n) is 3.33. The van der Waals surface area contributed by atoms with Crippen LogP contribution in [0.4, 0.5) is 0 Å². The molecule has 0 aliphatic carbocycles. The van der Waals surface area contributed by atoms with Crippen molar-refractivity contribution in [3.05, 3.63) is 29.8 Å². The van der Waals surface area contributed by atoms with Crippen molar-refractivity contribution in [1.29, 1.82) is 0 Å². The molecule has 0 fully saturated rings. The molecule has 0 aromatic heterocycles. The molecule has 3 N–H and O–H groups in total. The number of nitrogens with one attached hydrogen (secondary N) is 2. The summed E-state index contributed by atoms with van der Waals surface area (Å²) in [6.07, 6.45) is 5.73. The Bertz CT molecular complexity index is 586. The molecule has 0 spiro atoms. The molecular formula is C16H20N2O5. The largest absolute Gasteiger partial charge is 0.454 e. The Kier molecular flexibility index (Phi) is 6.43. The van der Waals surface area contributed by atoms with E-state index in [1.54, 1.807) is 11.6 Å². The molecule has 0 bridgehead atoms. The number of carbonyl (C=O) groups is 2. The molecule has 1 aromatic carbocycles. The second-order valence-corrected chi connectivity index (χ2v) is 5.08. The number of hydrogen-bond donors (Lipinski definition) is 3. The van der Waals surface area contributed by atoms with Crippen LogP contribution in [0.25, 0.3) is 6.08 Å². The molecule has 2 rings (SSSR count). The summed E-state index contributed by atoms with van der Waals surface area (Å²) in [6, 6.07) is 5.48. The molecule has 1 aromatic rings. The van der Waals surface area contributed by atoms with Gasteiger partial charge in [0.1, 0.15) is 0 Å². The van der Waals surface area contributed by atoms with Crippen LogP contribution in [0.5, 0.6) is 11.5 Å². The number of ether oxygens (including phenoxy) is 2. The third kappa shape index (κ3) is 5.63. The van der Waals surface area contributed by atoms with Crippen molar-refractivity contribution in [1.82, 2.24) is 10.8 Å². The monoisotopic (exact) mass is 320 g/mol. The Hall–Kier alpha value is -2.54. The highest BCUT2D eigenvalue weighted by molar-refractivity contribution is 5.91. The fourth-order valence-corrected chi connectivity index (χ4v) is 2.10. The number of benzene rings is 1. The van der Waals surface area contributed by atoms with Crippen molar-refractivity contribution >= 4 is 17.9 Å². The molecule has 124 valence electrons. The van der Waals surface area contributed by atoms with Crippen LogP contribution in [0.1, 0.15) is 31.2 Å². The van der Waals surface area contributed by atoms with Crippen LogP contribution >= 0.6 is 0 Å². The van der Waals surface area contributed by atoms with Gasteiger partial charge in [0, 0.05) is 19.0 Å². The molecule has 0 unspecified atom stereocenters. The molecule has 0 saturated carbocycles. The molecule has 1 aliphatic heterocycles. The van der Waals surface area contributed by atoms with Gasteiger partial charge >= 0.3 is 0 Å². The van der Waals surface area contributed by atoms with Gasteiger partial charge in [-0.15, -0.1) is 0 Å². The highest BCUT2D eigenvalue weighted by atomic mass is 16.7. The number of unbranched alkanes of at least 4 members (excludes halogenated alkanes) is 2. The van der Waals surface area contributed by atoms with E-state index in [1.165, 1.54) is 6.08 Å². The molecule has 7 heteroatoms. The molecule has 0 atom stereocenters. The second-order valence-electron chi connectivity index (χ2n) is 5.08. The fourth-order valence-electron chi connectivity index (χ4n) is 2.10. The average molecular weight is 320 g/mol. The zero-order chi connectivity index (χ0) is 16.5. The predicted molar refractivity (Wildman–Crippen MR) is 83.0 cm³/mol. The van der Waals surface area contributed by atoms with Crippen LogP contribution in [0.3, 0.4) is 0 Å². The Morgan fingerprint density at radius 3 is 2.83 bits per heavy atom. The predicted octanol–water partition coefficient (Wildman–Crippen LogP) is 1.61. The average Bonchev–Trinajstić information content (AvgIpc) is 3.03. The smallest absolute Gasteiger partial charge is 0.243 e. The van der Waals surface area contributed by atoms with E-state index in [-0.39, 0.29) is 25.0 Å². The van der Waals surface area contributed by atoms with E-state index in [0.29, 0.717) is 24.5 Å². The number of fused-ring (bicyclic) bond motifs is 1. The van der Waals surface area contributed by atoms with Crippen molar-refractivity contribution in [2.24, 2.45) is 0 Å². The lowest BCUT2D eigenvalue weighted by Gasteiger charge is -2.02. The summed E-state index contributed by atoms with van der Waals surface area (Å²) >= 11 is 0. The Morgan fingerprint density at radius 2 is 2.00 bits per heavy atom. The van der Waals surface area contributed by atoms with Crippen LogP contribution in [-0.4, -0.2) is 30.4 Å². The lowest BCUT2D eigenvalue weighted by atomic mass is 10.2. The van der Waals surface area contributed by atoms with E-state index in [2.05, 4.69) is 5.32 Å². The topological polar surface area (TPSA) is 96.9 Å². The van der Waals surface area contributed by atoms with Gasteiger partial charge in [0.05, 0.1) is 0 Å². The van der Waals surface area contributed by atoms with Gasteiger partial charge in [-0.3, -0.25) is 14.8 Å². The summed E-state index contributed by atoms with van der Waals surface area (Å²) in [7, 11) is 0. The first kappa shape index (κ1) is 16.8. The van der Waals surface area contributed by atoms with E-state index >= 15 is 0 Å². The van der Waals surface area contributed by atoms with E-state index in [1.807, 2.05) is 18.2 Å². The van der Waals surface area contributed by atoms with Crippen molar-refractivity contribution in [2.75, 3.05) is 13.3 Å². The van der Waals surface area contributed by atoms with E-state index < -0.39 is 0 Å². The minimum Gasteiger partial charge on any atom is -0.454 e. The van der Waals surface area contributed by atoms with E-state index in [0.717, 1.165) is 18.4 Å². The SMILES string of the molecule is O=C(/C=C/c1ccc2c(c1)OCO2)NCCCCCC(=O)NO. The molecule has 7 nitrogen and oxygen atoms in total. The molecule has 0 saturated heterocycles. The number of hydrogen-bond acceptors (Lipinski definition) is 5. The van der Waals surface area contributed by atoms with Gasteiger partial charge < -0.3 is 14.8 Å². The van der Waals surface area contributed by atoms with Crippen molar-refractivity contribution in [3.8, 4) is 11.5 Å². The van der Waals surface area contributed by atoms with Gasteiger partial charge in [0.25, 0.3) is 0 Å². The molecule has 1 aliphatic rings. The standard InChI is InChI=1S/C16H20N2O5/c19-15(17-9-3-1-2-4-16(20)18-21)8-6-12-5-7-13-14(10-12)23-11-22-13/h5-8,10,21H,1-4,9,11H2,(H,17,19)(H,18,20)/b8-6+. The zero-order valence-corrected chi connectivity index (χ0v) is 12.7. The summed E-state index contributed by atoms with van der Waals surface area (Å²) in [6.45, 7) is 0.772. The van der Waals surface area contributed by atoms with Crippen molar-refractivity contribution in [3.63, 3.8) is 0 Å². The number of hydroxylamine groups is 1. The van der Waals surface area contributed by atoms with Gasteiger partial charge in [0.2, 0.25) is 18.6 Å². The maximum absolute atomic E-state index is 11.7. The van der Waals surface area contributed by atoms with Crippen LogP contribution in [0.15, 0.2) is 24.3 Å². The summed E-state index contributed by atoms with van der Waals surface area (Å²) in [4.78, 5) is 22.5. The lowest BCUT2D eigenvalue weighted by Crippen LogP contribution is -2.22. The zero-order valence-electron chi connectivity index (χ0n) is 12.7. The minimum absolute atomic E-state index is 0.171. The quantitative estimate of drug-likeness (QED) is 0.293. The summed E-state index contributed by atoms with van der Waals surface area (Å²) < 4.78 is 10.5. The maximum Gasteiger partial charge on any atom is 0.243 e. The molecule has 2 amide bonds. The Balaban J connectivity index is 1.64. The lowest BCUT2D eigenvalue weighted by molar-refractivity contribution is -0.129. The summed E-state index contributed by atoms with van der Waals surface area (Å²) in [5.74, 6) is 0.831. The van der Waals surface area contributed by atoms with Gasteiger partial charge in [-0.1, -0.05) is 12.5 Å². The van der Waals surface area contributed by atoms with E-state index in [9.17, 15) is 9.59 Å². The van der Waals surface area contributed by atoms with E-state index in [4.69, 9.17) is 14.7 Å². The second kappa shape index (κ2) is 8.79. The number of carbonyl (C=O) groups excluding carboxylic acids is 2. The van der Waals surface area contributed by atoms with Crippen molar-refractivity contribution < 1.29 is 24.3 Å². The Morgan fingerprint density at radius 1 is 1.17 bits per heavy atom. The normalized spacial score (nSPS) is 12.4.